The molecule has 134 valence electrons. The molecule has 1 aliphatic rings. The van der Waals surface area contributed by atoms with Gasteiger partial charge >= 0.3 is 18.0 Å². The summed E-state index contributed by atoms with van der Waals surface area (Å²) in [5.74, 6) is -2.04. The monoisotopic (exact) mass is 354 g/mol. The first-order chi connectivity index (χ1) is 12.6. The Hall–Kier alpha value is -3.35. The third-order valence-electron chi connectivity index (χ3n) is 4.12. The van der Waals surface area contributed by atoms with E-state index in [2.05, 4.69) is 5.32 Å². The normalized spacial score (nSPS) is 19.1. The number of carboxylic acids is 1. The lowest BCUT2D eigenvalue weighted by molar-refractivity contribution is -0.154. The Morgan fingerprint density at radius 1 is 1.00 bits per heavy atom. The van der Waals surface area contributed by atoms with Crippen molar-refractivity contribution in [1.29, 1.82) is 0 Å². The minimum atomic E-state index is -1.35. The van der Waals surface area contributed by atoms with Gasteiger partial charge in [-0.3, -0.25) is 0 Å². The molecule has 1 heterocycles. The van der Waals surface area contributed by atoms with Crippen LogP contribution in [0.5, 0.6) is 0 Å². The van der Waals surface area contributed by atoms with Crippen LogP contribution >= 0.6 is 0 Å². The zero-order chi connectivity index (χ0) is 18.5. The Bertz CT molecular complexity index is 794. The van der Waals surface area contributed by atoms with E-state index in [0.29, 0.717) is 0 Å². The maximum atomic E-state index is 12.6. The van der Waals surface area contributed by atoms with Gasteiger partial charge in [0.15, 0.2) is 12.1 Å². The summed E-state index contributed by atoms with van der Waals surface area (Å²) in [4.78, 5) is 37.5. The maximum Gasteiger partial charge on any atom is 0.332 e. The predicted octanol–water partition coefficient (Wildman–Crippen LogP) is 1.78. The topological polar surface area (TPSA) is 95.9 Å². The van der Waals surface area contributed by atoms with Crippen molar-refractivity contribution in [1.82, 2.24) is 10.2 Å². The van der Waals surface area contributed by atoms with Gasteiger partial charge in [0.25, 0.3) is 0 Å². The summed E-state index contributed by atoms with van der Waals surface area (Å²) in [5, 5.41) is 11.7. The number of esters is 1. The van der Waals surface area contributed by atoms with E-state index in [0.717, 1.165) is 11.1 Å². The molecule has 2 aromatic carbocycles. The van der Waals surface area contributed by atoms with Gasteiger partial charge in [0.1, 0.15) is 6.61 Å². The average Bonchev–Trinajstić information content (AvgIpc) is 2.98. The largest absolute Gasteiger partial charge is 0.480 e. The Kier molecular flexibility index (Phi) is 5.17. The first-order valence-electron chi connectivity index (χ1n) is 8.10. The molecule has 7 heteroatoms. The van der Waals surface area contributed by atoms with Gasteiger partial charge in [-0.2, -0.15) is 0 Å². The Morgan fingerprint density at radius 3 is 2.15 bits per heavy atom. The lowest BCUT2D eigenvalue weighted by Gasteiger charge is -2.23. The van der Waals surface area contributed by atoms with Crippen LogP contribution in [0.25, 0.3) is 0 Å². The van der Waals surface area contributed by atoms with Crippen LogP contribution < -0.4 is 5.32 Å². The van der Waals surface area contributed by atoms with Gasteiger partial charge in [-0.1, -0.05) is 60.7 Å². The number of rotatable bonds is 6. The molecule has 0 aliphatic carbocycles. The molecule has 26 heavy (non-hydrogen) atoms. The second-order valence-electron chi connectivity index (χ2n) is 5.92. The van der Waals surface area contributed by atoms with E-state index in [4.69, 9.17) is 4.74 Å². The Labute approximate surface area is 150 Å². The third kappa shape index (κ3) is 3.83. The number of benzene rings is 2. The molecule has 1 fully saturated rings. The molecule has 2 amide bonds. The first kappa shape index (κ1) is 17.5. The fourth-order valence-electron chi connectivity index (χ4n) is 2.83. The molecule has 1 aliphatic heterocycles. The molecule has 3 rings (SSSR count). The van der Waals surface area contributed by atoms with Crippen LogP contribution in [0.15, 0.2) is 60.7 Å². The van der Waals surface area contributed by atoms with Crippen molar-refractivity contribution in [3.05, 3.63) is 71.8 Å². The molecule has 0 aromatic heterocycles. The van der Waals surface area contributed by atoms with Gasteiger partial charge in [-0.05, 0) is 11.1 Å². The minimum Gasteiger partial charge on any atom is -0.480 e. The van der Waals surface area contributed by atoms with Crippen LogP contribution in [-0.2, 0) is 27.5 Å². The molecule has 0 saturated carbocycles. The van der Waals surface area contributed by atoms with Crippen LogP contribution in [0.3, 0.4) is 0 Å². The highest BCUT2D eigenvalue weighted by atomic mass is 16.5. The first-order valence-corrected chi connectivity index (χ1v) is 8.10. The minimum absolute atomic E-state index is 0.00980. The van der Waals surface area contributed by atoms with Crippen LogP contribution in [0.2, 0.25) is 0 Å². The van der Waals surface area contributed by atoms with Crippen LogP contribution in [-0.4, -0.2) is 40.1 Å². The van der Waals surface area contributed by atoms with E-state index in [1.807, 2.05) is 24.3 Å². The number of aliphatic carboxylic acids is 1. The van der Waals surface area contributed by atoms with E-state index in [1.165, 1.54) is 4.90 Å². The fraction of sp³-hybridized carbons (Fsp3) is 0.211. The molecule has 0 radical (unpaired) electrons. The van der Waals surface area contributed by atoms with Crippen molar-refractivity contribution in [2.75, 3.05) is 0 Å². The number of ether oxygens (including phenoxy) is 1. The predicted molar refractivity (Wildman–Crippen MR) is 92.0 cm³/mol. The third-order valence-corrected chi connectivity index (χ3v) is 4.12. The zero-order valence-electron chi connectivity index (χ0n) is 13.9. The number of amides is 2. The van der Waals surface area contributed by atoms with Crippen molar-refractivity contribution < 1.29 is 24.2 Å². The summed E-state index contributed by atoms with van der Waals surface area (Å²) in [6, 6.07) is 14.9. The highest BCUT2D eigenvalue weighted by molar-refractivity contribution is 5.96. The Balaban J connectivity index is 1.77. The lowest BCUT2D eigenvalue weighted by Crippen LogP contribution is -2.47. The highest BCUT2D eigenvalue weighted by Gasteiger charge is 2.48. The molecule has 0 bridgehead atoms. The van der Waals surface area contributed by atoms with Gasteiger partial charge in [-0.25, -0.2) is 14.4 Å². The number of nitrogens with zero attached hydrogens (tertiary/aromatic N) is 1. The number of carbonyl (C=O) groups is 3. The van der Waals surface area contributed by atoms with Gasteiger partial charge in [-0.15, -0.1) is 0 Å². The highest BCUT2D eigenvalue weighted by Crippen LogP contribution is 2.20. The summed E-state index contributed by atoms with van der Waals surface area (Å²) in [6.45, 7) is 0.122. The molecule has 0 spiro atoms. The fourth-order valence-corrected chi connectivity index (χ4v) is 2.83. The Morgan fingerprint density at radius 2 is 1.58 bits per heavy atom. The number of carboxylic acid groups (broad SMARTS) is 1. The van der Waals surface area contributed by atoms with Crippen LogP contribution in [0, 0.1) is 0 Å². The van der Waals surface area contributed by atoms with Crippen molar-refractivity contribution in [2.24, 2.45) is 0 Å². The van der Waals surface area contributed by atoms with E-state index < -0.39 is 30.1 Å². The van der Waals surface area contributed by atoms with E-state index in [-0.39, 0.29) is 13.2 Å². The summed E-state index contributed by atoms with van der Waals surface area (Å²) in [7, 11) is 0. The molecule has 2 aromatic rings. The van der Waals surface area contributed by atoms with E-state index in [9.17, 15) is 19.5 Å². The maximum absolute atomic E-state index is 12.6. The van der Waals surface area contributed by atoms with Gasteiger partial charge in [0, 0.05) is 6.54 Å². The standard InChI is InChI=1S/C19H18N2O5/c22-17(23)15-16(18(24)26-12-14-9-5-2-6-10-14)21(19(25)20-15)11-13-7-3-1-4-8-13/h1-10,15-16H,11-12H2,(H,20,25)(H,22,23). The SMILES string of the molecule is O=C(O)C1NC(=O)N(Cc2ccccc2)C1C(=O)OCc1ccccc1. The number of nitrogens with one attached hydrogen (secondary N) is 1. The number of urea groups is 1. The van der Waals surface area contributed by atoms with Crippen molar-refractivity contribution >= 4 is 18.0 Å². The van der Waals surface area contributed by atoms with Gasteiger partial charge < -0.3 is 20.1 Å². The van der Waals surface area contributed by atoms with E-state index >= 15 is 0 Å². The smallest absolute Gasteiger partial charge is 0.332 e. The summed E-state index contributed by atoms with van der Waals surface area (Å²) >= 11 is 0. The number of hydrogen-bond donors (Lipinski definition) is 2. The quantitative estimate of drug-likeness (QED) is 0.771. The average molecular weight is 354 g/mol. The molecule has 2 N–H and O–H groups in total. The molecule has 1 saturated heterocycles. The second kappa shape index (κ2) is 7.69. The molecule has 7 nitrogen and oxygen atoms in total. The number of carbonyl (C=O) groups excluding carboxylic acids is 2. The van der Waals surface area contributed by atoms with E-state index in [1.54, 1.807) is 36.4 Å². The van der Waals surface area contributed by atoms with Gasteiger partial charge in [0.2, 0.25) is 0 Å². The van der Waals surface area contributed by atoms with Crippen molar-refractivity contribution in [3.8, 4) is 0 Å². The van der Waals surface area contributed by atoms with Crippen LogP contribution in [0.4, 0.5) is 4.79 Å². The lowest BCUT2D eigenvalue weighted by atomic mass is 10.1. The summed E-state index contributed by atoms with van der Waals surface area (Å²) < 4.78 is 5.27. The van der Waals surface area contributed by atoms with Crippen molar-refractivity contribution in [3.63, 3.8) is 0 Å². The number of hydrogen-bond acceptors (Lipinski definition) is 4. The summed E-state index contributed by atoms with van der Waals surface area (Å²) in [5.41, 5.74) is 1.56. The van der Waals surface area contributed by atoms with Crippen LogP contribution in [0.1, 0.15) is 11.1 Å². The van der Waals surface area contributed by atoms with Crippen molar-refractivity contribution in [2.45, 2.75) is 25.2 Å². The summed E-state index contributed by atoms with van der Waals surface area (Å²) in [6.07, 6.45) is 0. The molecule has 2 unspecified atom stereocenters. The molecule has 2 atom stereocenters. The zero-order valence-corrected chi connectivity index (χ0v) is 13.9. The molecular formula is C19H18N2O5. The second-order valence-corrected chi connectivity index (χ2v) is 5.92. The van der Waals surface area contributed by atoms with Gasteiger partial charge in [0.05, 0.1) is 0 Å². The molecular weight excluding hydrogens is 336 g/mol.